The Morgan fingerprint density at radius 1 is 0.569 bits per heavy atom. The molecule has 12 heteroatoms. The number of rotatable bonds is 37. The van der Waals surface area contributed by atoms with Crippen LogP contribution in [0.15, 0.2) is 60.7 Å². The lowest BCUT2D eigenvalue weighted by Gasteiger charge is -2.40. The maximum absolute atomic E-state index is 13.8. The summed E-state index contributed by atoms with van der Waals surface area (Å²) in [5.74, 6) is -1.66. The lowest BCUT2D eigenvalue weighted by molar-refractivity contribution is -0.303. The molecule has 5 N–H and O–H groups in total. The zero-order valence-electron chi connectivity index (χ0n) is 39.8. The molecule has 1 amide bonds. The molecule has 0 aromatic heterocycles. The molecule has 2 aromatic carbocycles. The lowest BCUT2D eigenvalue weighted by Crippen LogP contribution is -2.60. The molecule has 3 rings (SSSR count). The highest BCUT2D eigenvalue weighted by molar-refractivity contribution is 5.90. The molecule has 1 aliphatic rings. The van der Waals surface area contributed by atoms with E-state index in [1.165, 1.54) is 109 Å². The molecule has 0 aliphatic carbocycles. The Bertz CT molecular complexity index is 1510. The summed E-state index contributed by atoms with van der Waals surface area (Å²) in [4.78, 5) is 41.1. The molecule has 0 spiro atoms. The predicted molar refractivity (Wildman–Crippen MR) is 254 cm³/mol. The van der Waals surface area contributed by atoms with Gasteiger partial charge in [0.2, 0.25) is 5.91 Å². The normalized spacial score (nSPS) is 19.9. The van der Waals surface area contributed by atoms with Gasteiger partial charge in [-0.05, 0) is 43.5 Å². The maximum atomic E-state index is 13.8. The lowest BCUT2D eigenvalue weighted by atomic mass is 9.98. The molecular weight excluding hydrogens is 827 g/mol. The Hall–Kier alpha value is -3.39. The highest BCUT2D eigenvalue weighted by atomic mass is 16.7. The van der Waals surface area contributed by atoms with Crippen LogP contribution >= 0.6 is 0 Å². The van der Waals surface area contributed by atoms with Crippen LogP contribution in [0.4, 0.5) is 0 Å². The van der Waals surface area contributed by atoms with Crippen LogP contribution in [-0.2, 0) is 23.7 Å². The molecule has 0 bridgehead atoms. The smallest absolute Gasteiger partial charge is 0.338 e. The summed E-state index contributed by atoms with van der Waals surface area (Å²) >= 11 is 0. The van der Waals surface area contributed by atoms with Crippen molar-refractivity contribution >= 4 is 17.8 Å². The molecule has 0 radical (unpaired) electrons. The van der Waals surface area contributed by atoms with Crippen molar-refractivity contribution in [1.29, 1.82) is 0 Å². The molecule has 2 aromatic rings. The van der Waals surface area contributed by atoms with Gasteiger partial charge in [0.05, 0.1) is 30.4 Å². The molecule has 1 saturated heterocycles. The van der Waals surface area contributed by atoms with Crippen LogP contribution in [0.2, 0.25) is 0 Å². The SMILES string of the molecule is CCCCCCCCCCCCCCCCCCCCCCCC(=O)N[C@@H](CO[C@H]1O[C@H](CO)[C@H](O)[C@H](O)[C@H]1O)[C@H](OC(=O)c1ccccc1)[C@@H](CCCCC)OC(=O)c1ccccc1. The van der Waals surface area contributed by atoms with Gasteiger partial charge < -0.3 is 44.7 Å². The van der Waals surface area contributed by atoms with Crippen LogP contribution in [0.3, 0.4) is 0 Å². The number of unbranched alkanes of at least 4 members (excludes halogenated alkanes) is 22. The monoisotopic (exact) mass is 912 g/mol. The van der Waals surface area contributed by atoms with Crippen LogP contribution in [0.5, 0.6) is 0 Å². The first kappa shape index (κ1) is 55.9. The van der Waals surface area contributed by atoms with Gasteiger partial charge in [0.25, 0.3) is 0 Å². The minimum Gasteiger partial charge on any atom is -0.455 e. The van der Waals surface area contributed by atoms with E-state index in [4.69, 9.17) is 18.9 Å². The average Bonchev–Trinajstić information content (AvgIpc) is 3.32. The van der Waals surface area contributed by atoms with Crippen LogP contribution < -0.4 is 5.32 Å². The molecule has 65 heavy (non-hydrogen) atoms. The number of esters is 2. The van der Waals surface area contributed by atoms with E-state index >= 15 is 0 Å². The fraction of sp³-hybridized carbons (Fsp3) is 0.717. The van der Waals surface area contributed by atoms with Crippen LogP contribution in [0.1, 0.15) is 202 Å². The average molecular weight is 912 g/mol. The number of aliphatic hydroxyl groups excluding tert-OH is 4. The van der Waals surface area contributed by atoms with E-state index < -0.39 is 74.1 Å². The summed E-state index contributed by atoms with van der Waals surface area (Å²) in [5, 5.41) is 44.4. The zero-order chi connectivity index (χ0) is 46.9. The van der Waals surface area contributed by atoms with Gasteiger partial charge in [-0.15, -0.1) is 0 Å². The van der Waals surface area contributed by atoms with Gasteiger partial charge in [-0.3, -0.25) is 4.79 Å². The maximum Gasteiger partial charge on any atom is 0.338 e. The number of ether oxygens (including phenoxy) is 4. The van der Waals surface area contributed by atoms with E-state index in [1.54, 1.807) is 60.7 Å². The van der Waals surface area contributed by atoms with Gasteiger partial charge in [-0.1, -0.05) is 192 Å². The fourth-order valence-electron chi connectivity index (χ4n) is 8.47. The highest BCUT2D eigenvalue weighted by Crippen LogP contribution is 2.25. The van der Waals surface area contributed by atoms with Gasteiger partial charge in [-0.2, -0.15) is 0 Å². The summed E-state index contributed by atoms with van der Waals surface area (Å²) in [6.45, 7) is 3.24. The van der Waals surface area contributed by atoms with E-state index in [0.29, 0.717) is 24.8 Å². The third-order valence-electron chi connectivity index (χ3n) is 12.5. The van der Waals surface area contributed by atoms with Crippen molar-refractivity contribution in [3.8, 4) is 0 Å². The molecule has 1 aliphatic heterocycles. The summed E-state index contributed by atoms with van der Waals surface area (Å²) in [6, 6.07) is 15.7. The first-order valence-electron chi connectivity index (χ1n) is 25.4. The highest BCUT2D eigenvalue weighted by Gasteiger charge is 2.45. The van der Waals surface area contributed by atoms with Gasteiger partial charge in [0.1, 0.15) is 30.5 Å². The van der Waals surface area contributed by atoms with Crippen LogP contribution in [0, 0.1) is 0 Å². The third kappa shape index (κ3) is 22.8. The number of benzene rings is 2. The summed E-state index contributed by atoms with van der Waals surface area (Å²) in [7, 11) is 0. The van der Waals surface area contributed by atoms with Crippen molar-refractivity contribution in [2.45, 2.75) is 230 Å². The standard InChI is InChI=1S/C53H85NO11/c1-3-5-7-8-9-10-11-12-13-14-15-16-17-18-19-20-21-22-23-24-32-38-46(56)54-43(40-62-53-49(59)48(58)47(57)45(39-55)64-53)50(65-52(61)42-35-30-26-31-36-42)44(37-27-6-4-2)63-51(60)41-33-28-25-29-34-41/h25-26,28-31,33-36,43-45,47-50,53,55,57-59H,3-24,27,32,37-40H2,1-2H3,(H,54,56)/t43-,44+,45+,47-,48-,49+,50-,53-/m0/s1. The second-order valence-electron chi connectivity index (χ2n) is 18.1. The Morgan fingerprint density at radius 3 is 1.46 bits per heavy atom. The second kappa shape index (κ2) is 34.9. The molecule has 1 heterocycles. The Kier molecular flexibility index (Phi) is 30.0. The first-order chi connectivity index (χ1) is 31.7. The Balaban J connectivity index is 1.57. The molecule has 368 valence electrons. The van der Waals surface area contributed by atoms with Crippen molar-refractivity contribution < 1.29 is 53.8 Å². The molecule has 0 unspecified atom stereocenters. The number of hydrogen-bond donors (Lipinski definition) is 5. The van der Waals surface area contributed by atoms with Crippen molar-refractivity contribution in [3.63, 3.8) is 0 Å². The Labute approximate surface area is 390 Å². The molecule has 0 saturated carbocycles. The molecule has 1 fully saturated rings. The summed E-state index contributed by atoms with van der Waals surface area (Å²) in [6.07, 6.45) is 19.3. The summed E-state index contributed by atoms with van der Waals surface area (Å²) < 4.78 is 23.9. The van der Waals surface area contributed by atoms with Gasteiger partial charge in [-0.25, -0.2) is 9.59 Å². The zero-order valence-corrected chi connectivity index (χ0v) is 39.8. The fourth-order valence-corrected chi connectivity index (χ4v) is 8.47. The van der Waals surface area contributed by atoms with E-state index in [2.05, 4.69) is 12.2 Å². The van der Waals surface area contributed by atoms with E-state index in [9.17, 15) is 34.8 Å². The van der Waals surface area contributed by atoms with Gasteiger partial charge in [0, 0.05) is 6.42 Å². The number of carbonyl (C=O) groups is 3. The molecular formula is C53H85NO11. The van der Waals surface area contributed by atoms with E-state index in [0.717, 1.165) is 32.1 Å². The van der Waals surface area contributed by atoms with Gasteiger partial charge in [0.15, 0.2) is 12.4 Å². The Morgan fingerprint density at radius 2 is 1.00 bits per heavy atom. The summed E-state index contributed by atoms with van der Waals surface area (Å²) in [5.41, 5.74) is 0.549. The first-order valence-corrected chi connectivity index (χ1v) is 25.4. The van der Waals surface area contributed by atoms with Crippen molar-refractivity contribution in [1.82, 2.24) is 5.32 Å². The number of amides is 1. The number of carbonyl (C=O) groups excluding carboxylic acids is 3. The number of nitrogens with one attached hydrogen (secondary N) is 1. The van der Waals surface area contributed by atoms with E-state index in [-0.39, 0.29) is 17.9 Å². The van der Waals surface area contributed by atoms with Crippen LogP contribution in [0.25, 0.3) is 0 Å². The number of hydrogen-bond acceptors (Lipinski definition) is 11. The largest absolute Gasteiger partial charge is 0.455 e. The second-order valence-corrected chi connectivity index (χ2v) is 18.1. The topological polar surface area (TPSA) is 181 Å². The van der Waals surface area contributed by atoms with Gasteiger partial charge >= 0.3 is 11.9 Å². The quantitative estimate of drug-likeness (QED) is 0.0322. The molecule has 8 atom stereocenters. The van der Waals surface area contributed by atoms with Crippen LogP contribution in [-0.4, -0.2) is 100 Å². The van der Waals surface area contributed by atoms with Crippen molar-refractivity contribution in [2.75, 3.05) is 13.2 Å². The third-order valence-corrected chi connectivity index (χ3v) is 12.5. The number of aliphatic hydroxyl groups is 4. The minimum atomic E-state index is -1.70. The van der Waals surface area contributed by atoms with Crippen molar-refractivity contribution in [2.24, 2.45) is 0 Å². The van der Waals surface area contributed by atoms with Crippen molar-refractivity contribution in [3.05, 3.63) is 71.8 Å². The molecule has 12 nitrogen and oxygen atoms in total. The predicted octanol–water partition coefficient (Wildman–Crippen LogP) is 9.92. The van der Waals surface area contributed by atoms with E-state index in [1.807, 2.05) is 6.92 Å². The minimum absolute atomic E-state index is 0.194.